The summed E-state index contributed by atoms with van der Waals surface area (Å²) in [5, 5.41) is 3.41. The maximum Gasteiger partial charge on any atom is 0.344 e. The third-order valence-electron chi connectivity index (χ3n) is 4.17. The highest BCUT2D eigenvalue weighted by Gasteiger charge is 2.48. The summed E-state index contributed by atoms with van der Waals surface area (Å²) < 4.78 is 0. The lowest BCUT2D eigenvalue weighted by atomic mass is 9.93. The first-order valence-electron chi connectivity index (χ1n) is 7.91. The molecule has 0 radical (unpaired) electrons. The quantitative estimate of drug-likeness (QED) is 0.811. The van der Waals surface area contributed by atoms with E-state index in [0.717, 1.165) is 10.6 Å². The highest BCUT2D eigenvalue weighted by Crippen LogP contribution is 2.22. The molecule has 4 amide bonds. The summed E-state index contributed by atoms with van der Waals surface area (Å²) in [4.78, 5) is 40.8. The number of nitrogens with one attached hydrogen (secondary N) is 2. The average Bonchev–Trinajstić information content (AvgIpc) is 2.85. The molecule has 0 bridgehead atoms. The van der Waals surface area contributed by atoms with Crippen molar-refractivity contribution in [2.45, 2.75) is 25.3 Å². The summed E-state index contributed by atoms with van der Waals surface area (Å²) in [5.74, 6) is -1.02. The van der Waals surface area contributed by atoms with E-state index in [1.54, 1.807) is 6.92 Å². The fourth-order valence-electron chi connectivity index (χ4n) is 2.66. The first kappa shape index (κ1) is 16.6. The first-order valence-corrected chi connectivity index (χ1v) is 7.91. The predicted octanol–water partition coefficient (Wildman–Crippen LogP) is 1.67. The number of hydrogen-bond donors (Lipinski definition) is 2. The topological polar surface area (TPSA) is 91.4 Å². The number of imide groups is 1. The van der Waals surface area contributed by atoms with E-state index in [4.69, 9.17) is 0 Å². The van der Waals surface area contributed by atoms with Gasteiger partial charge in [0.25, 0.3) is 11.8 Å². The molecule has 0 spiro atoms. The van der Waals surface area contributed by atoms with Gasteiger partial charge in [-0.1, -0.05) is 30.3 Å². The van der Waals surface area contributed by atoms with E-state index < -0.39 is 23.4 Å². The minimum atomic E-state index is -1.06. The van der Waals surface area contributed by atoms with E-state index >= 15 is 0 Å². The zero-order valence-corrected chi connectivity index (χ0v) is 13.7. The Morgan fingerprint density at radius 1 is 1.16 bits per heavy atom. The van der Waals surface area contributed by atoms with Crippen LogP contribution >= 0.6 is 0 Å². The van der Waals surface area contributed by atoms with Gasteiger partial charge in [0.05, 0.1) is 0 Å². The number of pyridine rings is 1. The van der Waals surface area contributed by atoms with Gasteiger partial charge in [0.15, 0.2) is 0 Å². The molecule has 128 valence electrons. The number of carbonyl (C=O) groups excluding carboxylic acids is 3. The van der Waals surface area contributed by atoms with Gasteiger partial charge >= 0.3 is 6.03 Å². The third-order valence-corrected chi connectivity index (χ3v) is 4.17. The largest absolute Gasteiger partial charge is 0.344 e. The van der Waals surface area contributed by atoms with Gasteiger partial charge in [0.2, 0.25) is 0 Å². The molecule has 1 atom stereocenters. The maximum absolute atomic E-state index is 12.6. The summed E-state index contributed by atoms with van der Waals surface area (Å²) in [7, 11) is 0. The van der Waals surface area contributed by atoms with Gasteiger partial charge in [-0.2, -0.15) is 5.01 Å². The van der Waals surface area contributed by atoms with Gasteiger partial charge in [-0.3, -0.25) is 20.0 Å². The normalized spacial score (nSPS) is 19.6. The highest BCUT2D eigenvalue weighted by molar-refractivity contribution is 6.09. The van der Waals surface area contributed by atoms with Gasteiger partial charge < -0.3 is 5.32 Å². The Morgan fingerprint density at radius 2 is 1.84 bits per heavy atom. The number of aromatic nitrogens is 1. The van der Waals surface area contributed by atoms with Gasteiger partial charge in [-0.25, -0.2) is 4.79 Å². The van der Waals surface area contributed by atoms with Crippen molar-refractivity contribution in [3.8, 4) is 0 Å². The number of rotatable bonds is 5. The van der Waals surface area contributed by atoms with Crippen LogP contribution in [0.1, 0.15) is 29.3 Å². The molecule has 1 saturated heterocycles. The molecule has 1 aliphatic heterocycles. The van der Waals surface area contributed by atoms with Crippen LogP contribution in [0.5, 0.6) is 0 Å². The Hall–Kier alpha value is -3.22. The zero-order valence-electron chi connectivity index (χ0n) is 13.7. The first-order chi connectivity index (χ1) is 12.0. The second-order valence-electron chi connectivity index (χ2n) is 6.07. The number of nitrogens with zero attached hydrogens (tertiary/aromatic N) is 2. The lowest BCUT2D eigenvalue weighted by Gasteiger charge is -2.21. The Kier molecular flexibility index (Phi) is 4.47. The lowest BCUT2D eigenvalue weighted by Crippen LogP contribution is -2.48. The third kappa shape index (κ3) is 3.50. The smallest absolute Gasteiger partial charge is 0.322 e. The highest BCUT2D eigenvalue weighted by atomic mass is 16.2. The molecule has 0 unspecified atom stereocenters. The predicted molar refractivity (Wildman–Crippen MR) is 90.2 cm³/mol. The van der Waals surface area contributed by atoms with E-state index in [-0.39, 0.29) is 0 Å². The Labute approximate surface area is 145 Å². The van der Waals surface area contributed by atoms with Crippen LogP contribution in [0, 0.1) is 0 Å². The summed E-state index contributed by atoms with van der Waals surface area (Å²) in [6, 6.07) is 12.1. The van der Waals surface area contributed by atoms with Crippen molar-refractivity contribution in [3.05, 3.63) is 66.0 Å². The maximum atomic E-state index is 12.6. The summed E-state index contributed by atoms with van der Waals surface area (Å²) in [6.45, 7) is 1.66. The van der Waals surface area contributed by atoms with Gasteiger partial charge in [-0.05, 0) is 37.5 Å². The monoisotopic (exact) mass is 338 g/mol. The minimum Gasteiger partial charge on any atom is -0.322 e. The lowest BCUT2D eigenvalue weighted by molar-refractivity contribution is -0.132. The number of amides is 4. The summed E-state index contributed by atoms with van der Waals surface area (Å²) >= 11 is 0. The molecule has 1 aromatic heterocycles. The van der Waals surface area contributed by atoms with Gasteiger partial charge in [0.1, 0.15) is 5.54 Å². The van der Waals surface area contributed by atoms with Crippen LogP contribution in [0.2, 0.25) is 0 Å². The minimum absolute atomic E-state index is 0.313. The molecular weight excluding hydrogens is 320 g/mol. The van der Waals surface area contributed by atoms with Crippen LogP contribution in [-0.2, 0) is 11.2 Å². The van der Waals surface area contributed by atoms with E-state index in [1.807, 2.05) is 30.3 Å². The van der Waals surface area contributed by atoms with Crippen molar-refractivity contribution < 1.29 is 14.4 Å². The van der Waals surface area contributed by atoms with Crippen molar-refractivity contribution in [2.24, 2.45) is 0 Å². The van der Waals surface area contributed by atoms with E-state index in [1.165, 1.54) is 24.5 Å². The second-order valence-corrected chi connectivity index (χ2v) is 6.07. The number of urea groups is 1. The standard InChI is InChI=1S/C18H18N4O3/c1-18(10-7-13-5-3-2-4-6-13)16(24)22(17(25)20-18)21-15(23)14-8-11-19-12-9-14/h2-6,8-9,11-12H,7,10H2,1H3,(H,20,25)(H,21,23)/t18-/m1/s1. The molecule has 2 aromatic rings. The molecule has 1 aromatic carbocycles. The molecular formula is C18H18N4O3. The second kappa shape index (κ2) is 6.72. The van der Waals surface area contributed by atoms with Crippen molar-refractivity contribution in [1.29, 1.82) is 0 Å². The summed E-state index contributed by atoms with van der Waals surface area (Å²) in [5.41, 5.74) is 2.68. The van der Waals surface area contributed by atoms with Crippen molar-refractivity contribution in [2.75, 3.05) is 0 Å². The molecule has 1 fully saturated rings. The fraction of sp³-hybridized carbons (Fsp3) is 0.222. The van der Waals surface area contributed by atoms with Crippen LogP contribution in [-0.4, -0.2) is 33.4 Å². The number of carbonyl (C=O) groups is 3. The van der Waals surface area contributed by atoms with E-state index in [2.05, 4.69) is 15.7 Å². The van der Waals surface area contributed by atoms with Crippen LogP contribution in [0.25, 0.3) is 0 Å². The van der Waals surface area contributed by atoms with Crippen LogP contribution < -0.4 is 10.7 Å². The van der Waals surface area contributed by atoms with E-state index in [0.29, 0.717) is 18.4 Å². The molecule has 25 heavy (non-hydrogen) atoms. The number of hydrazine groups is 1. The molecule has 0 saturated carbocycles. The van der Waals surface area contributed by atoms with Crippen molar-refractivity contribution >= 4 is 17.8 Å². The summed E-state index contributed by atoms with van der Waals surface area (Å²) in [6.07, 6.45) is 3.99. The van der Waals surface area contributed by atoms with Gasteiger partial charge in [0, 0.05) is 18.0 Å². The van der Waals surface area contributed by atoms with Crippen LogP contribution in [0.3, 0.4) is 0 Å². The van der Waals surface area contributed by atoms with Crippen LogP contribution in [0.15, 0.2) is 54.9 Å². The molecule has 2 heterocycles. The molecule has 2 N–H and O–H groups in total. The number of aryl methyl sites for hydroxylation is 1. The van der Waals surface area contributed by atoms with Gasteiger partial charge in [-0.15, -0.1) is 0 Å². The molecule has 0 aliphatic carbocycles. The fourth-order valence-corrected chi connectivity index (χ4v) is 2.66. The van der Waals surface area contributed by atoms with E-state index in [9.17, 15) is 14.4 Å². The Morgan fingerprint density at radius 3 is 2.52 bits per heavy atom. The zero-order chi connectivity index (χ0) is 17.9. The Balaban J connectivity index is 1.68. The number of hydrogen-bond acceptors (Lipinski definition) is 4. The average molecular weight is 338 g/mol. The van der Waals surface area contributed by atoms with Crippen molar-refractivity contribution in [3.63, 3.8) is 0 Å². The van der Waals surface area contributed by atoms with Crippen LogP contribution in [0.4, 0.5) is 4.79 Å². The SMILES string of the molecule is C[C@]1(CCc2ccccc2)NC(=O)N(NC(=O)c2ccncc2)C1=O. The molecule has 7 heteroatoms. The molecule has 3 rings (SSSR count). The Bertz CT molecular complexity index is 794. The van der Waals surface area contributed by atoms with Crippen molar-refractivity contribution in [1.82, 2.24) is 20.7 Å². The molecule has 1 aliphatic rings. The number of benzene rings is 1. The molecule has 7 nitrogen and oxygen atoms in total.